The molecule has 2 aliphatic rings. The van der Waals surface area contributed by atoms with E-state index in [1.54, 1.807) is 7.11 Å². The molecule has 0 N–H and O–H groups in total. The summed E-state index contributed by atoms with van der Waals surface area (Å²) in [6.07, 6.45) is 4.91. The van der Waals surface area contributed by atoms with Gasteiger partial charge in [0, 0.05) is 18.7 Å². The standard InChI is InChI=1S/C22H23NO3/c1-25-20-10-5-7-17(14-20)13-19-15-22(11-6-12-23(19)16-22)26-21(24)18-8-3-2-4-9-18/h2-5,7-10,13-14H,6,11-12,15-16H2,1H3/b19-13+. The average molecular weight is 349 g/mol. The number of nitrogens with zero attached hydrogens (tertiary/aromatic N) is 1. The number of rotatable bonds is 4. The first-order valence-electron chi connectivity index (χ1n) is 9.05. The zero-order chi connectivity index (χ0) is 18.0. The molecule has 2 fully saturated rings. The van der Waals surface area contributed by atoms with Gasteiger partial charge in [0.05, 0.1) is 19.2 Å². The second-order valence-electron chi connectivity index (χ2n) is 7.05. The van der Waals surface area contributed by atoms with Crippen molar-refractivity contribution in [2.45, 2.75) is 24.9 Å². The molecule has 2 aromatic carbocycles. The Morgan fingerprint density at radius 3 is 2.81 bits per heavy atom. The Kier molecular flexibility index (Phi) is 4.41. The molecular formula is C22H23NO3. The largest absolute Gasteiger partial charge is 0.497 e. The van der Waals surface area contributed by atoms with Crippen LogP contribution in [0, 0.1) is 0 Å². The third kappa shape index (κ3) is 3.32. The fourth-order valence-corrected chi connectivity index (χ4v) is 3.94. The minimum Gasteiger partial charge on any atom is -0.497 e. The number of methoxy groups -OCH3 is 1. The van der Waals surface area contributed by atoms with Crippen molar-refractivity contribution in [3.05, 3.63) is 71.4 Å². The number of fused-ring (bicyclic) bond motifs is 2. The van der Waals surface area contributed by atoms with E-state index in [0.29, 0.717) is 5.56 Å². The lowest BCUT2D eigenvalue weighted by atomic mass is 9.94. The first kappa shape index (κ1) is 16.7. The van der Waals surface area contributed by atoms with Gasteiger partial charge >= 0.3 is 5.97 Å². The van der Waals surface area contributed by atoms with Gasteiger partial charge < -0.3 is 14.4 Å². The van der Waals surface area contributed by atoms with Gasteiger partial charge in [-0.3, -0.25) is 0 Å². The number of piperidine rings is 1. The van der Waals surface area contributed by atoms with Crippen LogP contribution in [0.1, 0.15) is 35.2 Å². The molecule has 4 nitrogen and oxygen atoms in total. The van der Waals surface area contributed by atoms with Crippen molar-refractivity contribution in [2.75, 3.05) is 20.2 Å². The summed E-state index contributed by atoms with van der Waals surface area (Å²) in [5.74, 6) is 0.621. The minimum absolute atomic E-state index is 0.227. The van der Waals surface area contributed by atoms with Crippen molar-refractivity contribution in [2.24, 2.45) is 0 Å². The summed E-state index contributed by atoms with van der Waals surface area (Å²) in [5, 5.41) is 0. The Labute approximate surface area is 154 Å². The van der Waals surface area contributed by atoms with Crippen LogP contribution in [0.3, 0.4) is 0 Å². The highest BCUT2D eigenvalue weighted by molar-refractivity contribution is 5.89. The first-order chi connectivity index (χ1) is 12.7. The summed E-state index contributed by atoms with van der Waals surface area (Å²) in [6.45, 7) is 1.79. The van der Waals surface area contributed by atoms with Crippen molar-refractivity contribution in [1.29, 1.82) is 0 Å². The number of carbonyl (C=O) groups is 1. The number of hydrogen-bond acceptors (Lipinski definition) is 4. The molecular weight excluding hydrogens is 326 g/mol. The zero-order valence-electron chi connectivity index (χ0n) is 15.0. The first-order valence-corrected chi connectivity index (χ1v) is 9.05. The van der Waals surface area contributed by atoms with Crippen LogP contribution >= 0.6 is 0 Å². The monoisotopic (exact) mass is 349 g/mol. The third-order valence-corrected chi connectivity index (χ3v) is 5.19. The minimum atomic E-state index is -0.407. The van der Waals surface area contributed by atoms with E-state index in [9.17, 15) is 4.79 Å². The van der Waals surface area contributed by atoms with E-state index in [0.717, 1.165) is 43.7 Å². The highest BCUT2D eigenvalue weighted by Crippen LogP contribution is 2.42. The number of esters is 1. The van der Waals surface area contributed by atoms with Gasteiger partial charge in [0.1, 0.15) is 11.4 Å². The van der Waals surface area contributed by atoms with Crippen molar-refractivity contribution < 1.29 is 14.3 Å². The van der Waals surface area contributed by atoms with Crippen LogP contribution in [-0.4, -0.2) is 36.7 Å². The molecule has 0 aliphatic carbocycles. The third-order valence-electron chi connectivity index (χ3n) is 5.19. The van der Waals surface area contributed by atoms with E-state index >= 15 is 0 Å². The van der Waals surface area contributed by atoms with Gasteiger partial charge in [-0.25, -0.2) is 4.79 Å². The van der Waals surface area contributed by atoms with E-state index in [1.165, 1.54) is 5.70 Å². The van der Waals surface area contributed by atoms with Crippen LogP contribution in [0.25, 0.3) is 6.08 Å². The van der Waals surface area contributed by atoms with Crippen molar-refractivity contribution in [1.82, 2.24) is 4.90 Å². The molecule has 2 aromatic rings. The van der Waals surface area contributed by atoms with Crippen molar-refractivity contribution in [3.63, 3.8) is 0 Å². The van der Waals surface area contributed by atoms with Crippen LogP contribution in [0.15, 0.2) is 60.3 Å². The SMILES string of the molecule is COc1cccc(/C=C2\CC3(OC(=O)c4ccccc4)CCCN2C3)c1. The van der Waals surface area contributed by atoms with Crippen LogP contribution in [0.2, 0.25) is 0 Å². The maximum absolute atomic E-state index is 12.6. The lowest BCUT2D eigenvalue weighted by Crippen LogP contribution is -2.42. The zero-order valence-corrected chi connectivity index (χ0v) is 15.0. The molecule has 2 aliphatic heterocycles. The molecule has 4 rings (SSSR count). The summed E-state index contributed by atoms with van der Waals surface area (Å²) in [6, 6.07) is 17.3. The van der Waals surface area contributed by atoms with Gasteiger partial charge in [0.25, 0.3) is 0 Å². The topological polar surface area (TPSA) is 38.8 Å². The molecule has 4 heteroatoms. The average Bonchev–Trinajstić information content (AvgIpc) is 2.91. The molecule has 1 unspecified atom stereocenters. The molecule has 2 bridgehead atoms. The number of carbonyl (C=O) groups excluding carboxylic acids is 1. The lowest BCUT2D eigenvalue weighted by molar-refractivity contribution is -0.0270. The molecule has 0 amide bonds. The second-order valence-corrected chi connectivity index (χ2v) is 7.05. The van der Waals surface area contributed by atoms with Gasteiger partial charge in [-0.15, -0.1) is 0 Å². The Balaban J connectivity index is 1.55. The Morgan fingerprint density at radius 1 is 1.15 bits per heavy atom. The van der Waals surface area contributed by atoms with Gasteiger partial charge in [-0.05, 0) is 48.7 Å². The van der Waals surface area contributed by atoms with E-state index in [4.69, 9.17) is 9.47 Å². The fourth-order valence-electron chi connectivity index (χ4n) is 3.94. The van der Waals surface area contributed by atoms with Crippen LogP contribution in [-0.2, 0) is 4.74 Å². The maximum Gasteiger partial charge on any atom is 0.338 e. The summed E-state index contributed by atoms with van der Waals surface area (Å²) >= 11 is 0. The van der Waals surface area contributed by atoms with E-state index in [1.807, 2.05) is 48.5 Å². The van der Waals surface area contributed by atoms with Gasteiger partial charge in [0.15, 0.2) is 0 Å². The predicted octanol–water partition coefficient (Wildman–Crippen LogP) is 4.13. The molecule has 2 heterocycles. The summed E-state index contributed by atoms with van der Waals surface area (Å²) in [7, 11) is 1.68. The molecule has 0 spiro atoms. The highest BCUT2D eigenvalue weighted by atomic mass is 16.6. The number of benzene rings is 2. The van der Waals surface area contributed by atoms with Crippen LogP contribution < -0.4 is 4.74 Å². The van der Waals surface area contributed by atoms with E-state index in [-0.39, 0.29) is 5.97 Å². The normalized spacial score (nSPS) is 23.1. The number of ether oxygens (including phenoxy) is 2. The molecule has 2 saturated heterocycles. The quantitative estimate of drug-likeness (QED) is 0.778. The van der Waals surface area contributed by atoms with E-state index in [2.05, 4.69) is 17.0 Å². The smallest absolute Gasteiger partial charge is 0.338 e. The van der Waals surface area contributed by atoms with Gasteiger partial charge in [-0.2, -0.15) is 0 Å². The Bertz CT molecular complexity index is 830. The molecule has 134 valence electrons. The Morgan fingerprint density at radius 2 is 2.00 bits per heavy atom. The molecule has 26 heavy (non-hydrogen) atoms. The number of hydrogen-bond donors (Lipinski definition) is 0. The molecule has 1 atom stereocenters. The van der Waals surface area contributed by atoms with Crippen molar-refractivity contribution >= 4 is 12.0 Å². The lowest BCUT2D eigenvalue weighted by Gasteiger charge is -2.33. The molecule has 0 saturated carbocycles. The molecule has 0 radical (unpaired) electrons. The van der Waals surface area contributed by atoms with E-state index < -0.39 is 5.60 Å². The molecule has 0 aromatic heterocycles. The summed E-state index contributed by atoms with van der Waals surface area (Å²) < 4.78 is 11.3. The Hall–Kier alpha value is -2.75. The second kappa shape index (κ2) is 6.87. The van der Waals surface area contributed by atoms with Gasteiger partial charge in [-0.1, -0.05) is 30.3 Å². The van der Waals surface area contributed by atoms with Crippen LogP contribution in [0.5, 0.6) is 5.75 Å². The highest BCUT2D eigenvalue weighted by Gasteiger charge is 2.46. The van der Waals surface area contributed by atoms with Crippen LogP contribution in [0.4, 0.5) is 0 Å². The van der Waals surface area contributed by atoms with Gasteiger partial charge in [0.2, 0.25) is 0 Å². The predicted molar refractivity (Wildman–Crippen MR) is 101 cm³/mol. The fraction of sp³-hybridized carbons (Fsp3) is 0.318. The van der Waals surface area contributed by atoms with Crippen molar-refractivity contribution in [3.8, 4) is 5.75 Å². The maximum atomic E-state index is 12.6. The summed E-state index contributed by atoms with van der Waals surface area (Å²) in [5.41, 5.74) is 2.55. The summed E-state index contributed by atoms with van der Waals surface area (Å²) in [4.78, 5) is 14.9.